The van der Waals surface area contributed by atoms with Gasteiger partial charge in [-0.2, -0.15) is 0 Å². The molecule has 0 aromatic heterocycles. The molecule has 1 aliphatic rings. The predicted octanol–water partition coefficient (Wildman–Crippen LogP) is 2.57. The van der Waals surface area contributed by atoms with Gasteiger partial charge in [-0.05, 0) is 36.8 Å². The Morgan fingerprint density at radius 2 is 1.76 bits per heavy atom. The highest BCUT2D eigenvalue weighted by atomic mass is 16.6. The summed E-state index contributed by atoms with van der Waals surface area (Å²) >= 11 is 0. The van der Waals surface area contributed by atoms with Crippen LogP contribution in [0.4, 0.5) is 0 Å². The summed E-state index contributed by atoms with van der Waals surface area (Å²) in [4.78, 5) is 23.9. The Bertz CT molecular complexity index is 783. The van der Waals surface area contributed by atoms with E-state index in [1.165, 1.54) is 0 Å². The van der Waals surface area contributed by atoms with Crippen molar-refractivity contribution in [2.75, 3.05) is 26.4 Å². The fourth-order valence-electron chi connectivity index (χ4n) is 2.34. The predicted molar refractivity (Wildman–Crippen MR) is 89.4 cm³/mol. The Kier molecular flexibility index (Phi) is 5.18. The molecule has 25 heavy (non-hydrogen) atoms. The number of para-hydroxylation sites is 1. The van der Waals surface area contributed by atoms with E-state index < -0.39 is 5.97 Å². The van der Waals surface area contributed by atoms with E-state index in [2.05, 4.69) is 0 Å². The molecule has 3 rings (SSSR count). The minimum Gasteiger partial charge on any atom is -0.486 e. The number of carbonyl (C=O) groups is 2. The molecule has 1 heterocycles. The lowest BCUT2D eigenvalue weighted by Gasteiger charge is -2.18. The number of ether oxygens (including phenoxy) is 4. The van der Waals surface area contributed by atoms with Gasteiger partial charge in [0.15, 0.2) is 30.5 Å². The number of carbonyl (C=O) groups excluding carboxylic acids is 2. The molecule has 0 spiro atoms. The first kappa shape index (κ1) is 16.8. The average molecular weight is 342 g/mol. The lowest BCUT2D eigenvalue weighted by atomic mass is 10.1. The molecule has 130 valence electrons. The number of fused-ring (bicyclic) bond motifs is 1. The number of hydrogen-bond acceptors (Lipinski definition) is 6. The van der Waals surface area contributed by atoms with E-state index in [4.69, 9.17) is 18.9 Å². The van der Waals surface area contributed by atoms with E-state index in [1.54, 1.807) is 24.3 Å². The van der Waals surface area contributed by atoms with Gasteiger partial charge >= 0.3 is 5.97 Å². The van der Waals surface area contributed by atoms with E-state index in [1.807, 2.05) is 25.1 Å². The summed E-state index contributed by atoms with van der Waals surface area (Å²) in [5.41, 5.74) is 1.32. The molecule has 0 aliphatic carbocycles. The molecule has 0 atom stereocenters. The van der Waals surface area contributed by atoms with Crippen molar-refractivity contribution < 1.29 is 28.5 Å². The number of benzene rings is 2. The number of esters is 1. The van der Waals surface area contributed by atoms with Crippen molar-refractivity contribution in [3.8, 4) is 17.2 Å². The van der Waals surface area contributed by atoms with Crippen LogP contribution in [0.2, 0.25) is 0 Å². The third-order valence-electron chi connectivity index (χ3n) is 3.67. The van der Waals surface area contributed by atoms with Gasteiger partial charge in [0.1, 0.15) is 19.0 Å². The van der Waals surface area contributed by atoms with Crippen LogP contribution >= 0.6 is 0 Å². The summed E-state index contributed by atoms with van der Waals surface area (Å²) in [6.07, 6.45) is 0. The van der Waals surface area contributed by atoms with Crippen molar-refractivity contribution in [1.29, 1.82) is 0 Å². The minimum absolute atomic E-state index is 0.251. The Balaban J connectivity index is 1.50. The molecule has 0 unspecified atom stereocenters. The number of rotatable bonds is 6. The molecule has 6 heteroatoms. The fourth-order valence-corrected chi connectivity index (χ4v) is 2.34. The topological polar surface area (TPSA) is 71.1 Å². The van der Waals surface area contributed by atoms with Gasteiger partial charge in [-0.3, -0.25) is 4.79 Å². The van der Waals surface area contributed by atoms with Crippen molar-refractivity contribution >= 4 is 11.8 Å². The Morgan fingerprint density at radius 3 is 2.56 bits per heavy atom. The van der Waals surface area contributed by atoms with Crippen molar-refractivity contribution in [3.63, 3.8) is 0 Å². The van der Waals surface area contributed by atoms with Crippen LogP contribution in [0.15, 0.2) is 42.5 Å². The van der Waals surface area contributed by atoms with Crippen molar-refractivity contribution in [2.24, 2.45) is 0 Å². The summed E-state index contributed by atoms with van der Waals surface area (Å²) in [6.45, 7) is 2.20. The molecule has 2 aromatic carbocycles. The molecule has 6 nitrogen and oxygen atoms in total. The first-order chi connectivity index (χ1) is 12.1. The highest BCUT2D eigenvalue weighted by molar-refractivity contribution is 5.98. The van der Waals surface area contributed by atoms with Gasteiger partial charge in [-0.25, -0.2) is 4.79 Å². The van der Waals surface area contributed by atoms with E-state index >= 15 is 0 Å². The van der Waals surface area contributed by atoms with Crippen LogP contribution in [-0.2, 0) is 9.53 Å². The minimum atomic E-state index is -0.603. The standard InChI is InChI=1S/C19H18O6/c1-13-4-2-3-5-16(13)24-12-19(21)25-11-15(20)14-6-7-17-18(10-14)23-9-8-22-17/h2-7,10H,8-9,11-12H2,1H3. The molecule has 0 N–H and O–H groups in total. The second-order valence-electron chi connectivity index (χ2n) is 5.50. The van der Waals surface area contributed by atoms with Gasteiger partial charge in [0.25, 0.3) is 0 Å². The van der Waals surface area contributed by atoms with Crippen LogP contribution in [0.5, 0.6) is 17.2 Å². The summed E-state index contributed by atoms with van der Waals surface area (Å²) < 4.78 is 21.2. The summed E-state index contributed by atoms with van der Waals surface area (Å²) in [6, 6.07) is 12.2. The van der Waals surface area contributed by atoms with Gasteiger partial charge < -0.3 is 18.9 Å². The molecule has 0 saturated carbocycles. The Hall–Kier alpha value is -3.02. The lowest BCUT2D eigenvalue weighted by Crippen LogP contribution is -2.20. The lowest BCUT2D eigenvalue weighted by molar-refractivity contribution is -0.144. The van der Waals surface area contributed by atoms with Gasteiger partial charge in [0, 0.05) is 5.56 Å². The van der Waals surface area contributed by atoms with Crippen LogP contribution in [0, 0.1) is 6.92 Å². The largest absolute Gasteiger partial charge is 0.486 e. The fraction of sp³-hybridized carbons (Fsp3) is 0.263. The zero-order valence-electron chi connectivity index (χ0n) is 13.8. The maximum Gasteiger partial charge on any atom is 0.344 e. The van der Waals surface area contributed by atoms with E-state index in [9.17, 15) is 9.59 Å². The molecule has 0 radical (unpaired) electrons. The molecule has 1 aliphatic heterocycles. The molecule has 0 saturated heterocycles. The third kappa shape index (κ3) is 4.29. The second-order valence-corrected chi connectivity index (χ2v) is 5.50. The van der Waals surface area contributed by atoms with E-state index in [0.29, 0.717) is 36.0 Å². The van der Waals surface area contributed by atoms with Crippen molar-refractivity contribution in [3.05, 3.63) is 53.6 Å². The normalized spacial score (nSPS) is 12.4. The Labute approximate surface area is 145 Å². The van der Waals surface area contributed by atoms with Crippen molar-refractivity contribution in [2.45, 2.75) is 6.92 Å². The smallest absolute Gasteiger partial charge is 0.344 e. The highest BCUT2D eigenvalue weighted by Gasteiger charge is 2.16. The maximum absolute atomic E-state index is 12.1. The summed E-state index contributed by atoms with van der Waals surface area (Å²) in [7, 11) is 0. The number of aryl methyl sites for hydroxylation is 1. The first-order valence-electron chi connectivity index (χ1n) is 7.90. The SMILES string of the molecule is Cc1ccccc1OCC(=O)OCC(=O)c1ccc2c(c1)OCCO2. The van der Waals surface area contributed by atoms with Crippen LogP contribution in [0.3, 0.4) is 0 Å². The molecule has 2 aromatic rings. The van der Waals surface area contributed by atoms with Crippen LogP contribution in [0.25, 0.3) is 0 Å². The van der Waals surface area contributed by atoms with Crippen LogP contribution < -0.4 is 14.2 Å². The monoisotopic (exact) mass is 342 g/mol. The number of Topliss-reactive ketones (excluding diaryl/α,β-unsaturated/α-hetero) is 1. The molecular formula is C19H18O6. The van der Waals surface area contributed by atoms with Gasteiger partial charge in [0.05, 0.1) is 0 Å². The highest BCUT2D eigenvalue weighted by Crippen LogP contribution is 2.30. The second kappa shape index (κ2) is 7.70. The zero-order chi connectivity index (χ0) is 17.6. The van der Waals surface area contributed by atoms with Gasteiger partial charge in [0.2, 0.25) is 0 Å². The quantitative estimate of drug-likeness (QED) is 0.593. The van der Waals surface area contributed by atoms with Crippen LogP contribution in [0.1, 0.15) is 15.9 Å². The van der Waals surface area contributed by atoms with Gasteiger partial charge in [-0.1, -0.05) is 18.2 Å². The number of hydrogen-bond donors (Lipinski definition) is 0. The summed E-state index contributed by atoms with van der Waals surface area (Å²) in [5, 5.41) is 0. The van der Waals surface area contributed by atoms with E-state index in [0.717, 1.165) is 5.56 Å². The zero-order valence-corrected chi connectivity index (χ0v) is 13.8. The first-order valence-corrected chi connectivity index (χ1v) is 7.90. The van der Waals surface area contributed by atoms with E-state index in [-0.39, 0.29) is 19.0 Å². The van der Waals surface area contributed by atoms with Gasteiger partial charge in [-0.15, -0.1) is 0 Å². The molecular weight excluding hydrogens is 324 g/mol. The molecule has 0 fully saturated rings. The molecule has 0 amide bonds. The molecule has 0 bridgehead atoms. The van der Waals surface area contributed by atoms with Crippen LogP contribution in [-0.4, -0.2) is 38.2 Å². The number of ketones is 1. The third-order valence-corrected chi connectivity index (χ3v) is 3.67. The maximum atomic E-state index is 12.1. The van der Waals surface area contributed by atoms with Crippen molar-refractivity contribution in [1.82, 2.24) is 0 Å². The summed E-state index contributed by atoms with van der Waals surface area (Å²) in [5.74, 6) is 0.811. The Morgan fingerprint density at radius 1 is 1.00 bits per heavy atom. The average Bonchev–Trinajstić information content (AvgIpc) is 2.65.